The maximum Gasteiger partial charge on any atom is 0.433 e. The van der Waals surface area contributed by atoms with Crippen LogP contribution in [-0.2, 0) is 11.0 Å². The number of aryl methyl sites for hydroxylation is 1. The van der Waals surface area contributed by atoms with E-state index in [0.717, 1.165) is 36.4 Å². The van der Waals surface area contributed by atoms with E-state index in [0.29, 0.717) is 17.7 Å². The predicted molar refractivity (Wildman–Crippen MR) is 109 cm³/mol. The van der Waals surface area contributed by atoms with Crippen LogP contribution in [0.3, 0.4) is 0 Å². The molecule has 8 nitrogen and oxygen atoms in total. The molecule has 2 N–H and O–H groups in total. The maximum absolute atomic E-state index is 12.9. The van der Waals surface area contributed by atoms with Gasteiger partial charge in [0.1, 0.15) is 11.7 Å². The molecule has 0 amide bonds. The van der Waals surface area contributed by atoms with E-state index in [9.17, 15) is 18.0 Å². The van der Waals surface area contributed by atoms with Crippen molar-refractivity contribution in [2.45, 2.75) is 32.0 Å². The summed E-state index contributed by atoms with van der Waals surface area (Å²) in [5.41, 5.74) is 1.67. The Labute approximate surface area is 181 Å². The zero-order chi connectivity index (χ0) is 22.7. The molecule has 0 spiro atoms. The SMILES string of the molecule is Cc1cc(Nc2nccc(C(F)(F)F)n2)cc(-c2cnc(OC(=O)[C@@H]3CCCN3)nc2)c1. The monoisotopic (exact) mass is 444 g/mol. The lowest BCUT2D eigenvalue weighted by Crippen LogP contribution is -2.34. The summed E-state index contributed by atoms with van der Waals surface area (Å²) < 4.78 is 43.9. The first kappa shape index (κ1) is 21.6. The summed E-state index contributed by atoms with van der Waals surface area (Å²) in [5.74, 6) is -0.589. The number of aromatic nitrogens is 4. The highest BCUT2D eigenvalue weighted by Crippen LogP contribution is 2.29. The van der Waals surface area contributed by atoms with Crippen molar-refractivity contribution in [3.8, 4) is 17.1 Å². The van der Waals surface area contributed by atoms with Crippen LogP contribution in [0.2, 0.25) is 0 Å². The van der Waals surface area contributed by atoms with Crippen molar-refractivity contribution in [3.63, 3.8) is 0 Å². The smallest absolute Gasteiger partial charge is 0.390 e. The molecule has 1 aromatic carbocycles. The molecule has 1 aliphatic rings. The van der Waals surface area contributed by atoms with E-state index >= 15 is 0 Å². The van der Waals surface area contributed by atoms with Gasteiger partial charge in [-0.25, -0.2) is 24.7 Å². The summed E-state index contributed by atoms with van der Waals surface area (Å²) in [4.78, 5) is 27.6. The second kappa shape index (κ2) is 8.87. The summed E-state index contributed by atoms with van der Waals surface area (Å²) in [6.45, 7) is 2.61. The van der Waals surface area contributed by atoms with Gasteiger partial charge in [0.25, 0.3) is 0 Å². The van der Waals surface area contributed by atoms with Crippen molar-refractivity contribution in [3.05, 3.63) is 54.1 Å². The number of esters is 1. The number of hydrogen-bond acceptors (Lipinski definition) is 8. The van der Waals surface area contributed by atoms with Crippen LogP contribution in [0.5, 0.6) is 6.01 Å². The van der Waals surface area contributed by atoms with Crippen LogP contribution in [0.1, 0.15) is 24.1 Å². The van der Waals surface area contributed by atoms with Gasteiger partial charge in [-0.1, -0.05) is 6.07 Å². The summed E-state index contributed by atoms with van der Waals surface area (Å²) in [6, 6.07) is 5.74. The third-order valence-electron chi connectivity index (χ3n) is 4.78. The van der Waals surface area contributed by atoms with E-state index in [1.807, 2.05) is 13.0 Å². The van der Waals surface area contributed by atoms with Gasteiger partial charge >= 0.3 is 18.2 Å². The number of halogens is 3. The van der Waals surface area contributed by atoms with Crippen LogP contribution >= 0.6 is 0 Å². The van der Waals surface area contributed by atoms with Crippen LogP contribution in [0, 0.1) is 6.92 Å². The van der Waals surface area contributed by atoms with Crippen molar-refractivity contribution in [1.82, 2.24) is 25.3 Å². The quantitative estimate of drug-likeness (QED) is 0.575. The first-order valence-corrected chi connectivity index (χ1v) is 9.84. The van der Waals surface area contributed by atoms with Crippen LogP contribution < -0.4 is 15.4 Å². The second-order valence-electron chi connectivity index (χ2n) is 7.30. The highest BCUT2D eigenvalue weighted by atomic mass is 19.4. The molecule has 1 atom stereocenters. The Morgan fingerprint density at radius 3 is 2.62 bits per heavy atom. The molecule has 32 heavy (non-hydrogen) atoms. The number of carbonyl (C=O) groups excluding carboxylic acids is 1. The molecule has 1 saturated heterocycles. The summed E-state index contributed by atoms with van der Waals surface area (Å²) in [6.07, 6.45) is 1.13. The Hall–Kier alpha value is -3.60. The highest BCUT2D eigenvalue weighted by Gasteiger charge is 2.32. The Balaban J connectivity index is 1.50. The predicted octanol–water partition coefficient (Wildman–Crippen LogP) is 3.66. The van der Waals surface area contributed by atoms with Crippen molar-refractivity contribution in [1.29, 1.82) is 0 Å². The molecular formula is C21H19F3N6O2. The molecule has 0 saturated carbocycles. The fraction of sp³-hybridized carbons (Fsp3) is 0.286. The Morgan fingerprint density at radius 2 is 1.94 bits per heavy atom. The molecule has 0 radical (unpaired) electrons. The molecule has 0 aliphatic carbocycles. The van der Waals surface area contributed by atoms with Gasteiger partial charge < -0.3 is 15.4 Å². The lowest BCUT2D eigenvalue weighted by molar-refractivity contribution is -0.141. The van der Waals surface area contributed by atoms with E-state index in [1.54, 1.807) is 12.1 Å². The summed E-state index contributed by atoms with van der Waals surface area (Å²) >= 11 is 0. The van der Waals surface area contributed by atoms with Crippen molar-refractivity contribution in [2.75, 3.05) is 11.9 Å². The van der Waals surface area contributed by atoms with Gasteiger partial charge in [-0.05, 0) is 55.6 Å². The third-order valence-corrected chi connectivity index (χ3v) is 4.78. The molecule has 2 aromatic heterocycles. The molecule has 11 heteroatoms. The van der Waals surface area contributed by atoms with Crippen LogP contribution in [0.25, 0.3) is 11.1 Å². The summed E-state index contributed by atoms with van der Waals surface area (Å²) in [5, 5.41) is 5.84. The molecule has 1 aliphatic heterocycles. The molecular weight excluding hydrogens is 425 g/mol. The van der Waals surface area contributed by atoms with E-state index in [-0.39, 0.29) is 18.0 Å². The fourth-order valence-corrected chi connectivity index (χ4v) is 3.29. The molecule has 166 valence electrons. The zero-order valence-electron chi connectivity index (χ0n) is 17.0. The number of ether oxygens (including phenoxy) is 1. The molecule has 3 aromatic rings. The van der Waals surface area contributed by atoms with Gasteiger partial charge in [-0.2, -0.15) is 13.2 Å². The topological polar surface area (TPSA) is 102 Å². The van der Waals surface area contributed by atoms with Crippen LogP contribution in [-0.4, -0.2) is 38.5 Å². The van der Waals surface area contributed by atoms with Crippen LogP contribution in [0.4, 0.5) is 24.8 Å². The first-order valence-electron chi connectivity index (χ1n) is 9.84. The Kier molecular flexibility index (Phi) is 5.99. The molecule has 0 bridgehead atoms. The average molecular weight is 444 g/mol. The first-order chi connectivity index (χ1) is 15.3. The number of carbonyl (C=O) groups is 1. The van der Waals surface area contributed by atoms with Crippen molar-refractivity contribution < 1.29 is 22.7 Å². The minimum atomic E-state index is -4.56. The standard InChI is InChI=1S/C21H19F3N6O2/c1-12-7-13(9-15(8-12)29-19-26-6-4-17(30-19)21(22,23)24)14-10-27-20(28-11-14)32-18(31)16-3-2-5-25-16/h4,6-11,16,25H,2-3,5H2,1H3,(H,26,29,30)/t16-/m0/s1. The van der Waals surface area contributed by atoms with Gasteiger partial charge in [-0.3, -0.25) is 0 Å². The number of benzene rings is 1. The number of alkyl halides is 3. The minimum absolute atomic E-state index is 0.0455. The number of nitrogens with one attached hydrogen (secondary N) is 2. The summed E-state index contributed by atoms with van der Waals surface area (Å²) in [7, 11) is 0. The van der Waals surface area contributed by atoms with Crippen molar-refractivity contribution in [2.24, 2.45) is 0 Å². The normalized spacial score (nSPS) is 16.1. The van der Waals surface area contributed by atoms with E-state index in [1.165, 1.54) is 12.4 Å². The van der Waals surface area contributed by atoms with Gasteiger partial charge in [-0.15, -0.1) is 0 Å². The molecule has 3 heterocycles. The van der Waals surface area contributed by atoms with Crippen molar-refractivity contribution >= 4 is 17.6 Å². The lowest BCUT2D eigenvalue weighted by atomic mass is 10.1. The third kappa shape index (κ3) is 5.17. The largest absolute Gasteiger partial charge is 0.433 e. The van der Waals surface area contributed by atoms with Crippen LogP contribution in [0.15, 0.2) is 42.9 Å². The zero-order valence-corrected chi connectivity index (χ0v) is 17.0. The van der Waals surface area contributed by atoms with E-state index < -0.39 is 17.8 Å². The van der Waals surface area contributed by atoms with E-state index in [2.05, 4.69) is 30.6 Å². The number of nitrogens with zero attached hydrogens (tertiary/aromatic N) is 4. The lowest BCUT2D eigenvalue weighted by Gasteiger charge is -2.11. The molecule has 4 rings (SSSR count). The van der Waals surface area contributed by atoms with Gasteiger partial charge in [0.05, 0.1) is 0 Å². The molecule has 1 fully saturated rings. The Bertz CT molecular complexity index is 1120. The minimum Gasteiger partial charge on any atom is -0.390 e. The number of rotatable bonds is 5. The van der Waals surface area contributed by atoms with Gasteiger partial charge in [0, 0.05) is 29.8 Å². The highest BCUT2D eigenvalue weighted by molar-refractivity contribution is 5.78. The second-order valence-corrected chi connectivity index (χ2v) is 7.30. The number of hydrogen-bond donors (Lipinski definition) is 2. The average Bonchev–Trinajstić information content (AvgIpc) is 3.29. The maximum atomic E-state index is 12.9. The number of anilines is 2. The molecule has 0 unspecified atom stereocenters. The Morgan fingerprint density at radius 1 is 1.16 bits per heavy atom. The fourth-order valence-electron chi connectivity index (χ4n) is 3.29. The van der Waals surface area contributed by atoms with E-state index in [4.69, 9.17) is 4.74 Å². The van der Waals surface area contributed by atoms with Gasteiger partial charge in [0.2, 0.25) is 5.95 Å². The van der Waals surface area contributed by atoms with Gasteiger partial charge in [0.15, 0.2) is 0 Å².